The third-order valence-corrected chi connectivity index (χ3v) is 9.76. The summed E-state index contributed by atoms with van der Waals surface area (Å²) >= 11 is 0. The van der Waals surface area contributed by atoms with Crippen molar-refractivity contribution in [1.82, 2.24) is 4.31 Å². The second kappa shape index (κ2) is 9.82. The van der Waals surface area contributed by atoms with Gasteiger partial charge in [0.15, 0.2) is 0 Å². The Morgan fingerprint density at radius 2 is 1.61 bits per heavy atom. The Labute approximate surface area is 196 Å². The SMILES string of the molecule is CCS(=O)(=O)N1CCC(C(=O)Oc2ccc(N(C)S(=O)(=O)c3ccc(C)c(C)c3)cc2)CC1. The molecule has 1 fully saturated rings. The quantitative estimate of drug-likeness (QED) is 0.433. The van der Waals surface area contributed by atoms with Crippen LogP contribution in [0.1, 0.15) is 30.9 Å². The molecule has 1 aliphatic heterocycles. The molecule has 2 aromatic carbocycles. The van der Waals surface area contributed by atoms with Crippen LogP contribution in [0.3, 0.4) is 0 Å². The molecule has 0 bridgehead atoms. The van der Waals surface area contributed by atoms with Crippen molar-refractivity contribution in [3.63, 3.8) is 0 Å². The molecule has 1 saturated heterocycles. The van der Waals surface area contributed by atoms with Gasteiger partial charge >= 0.3 is 5.97 Å². The summed E-state index contributed by atoms with van der Waals surface area (Å²) in [6.45, 7) is 5.99. The van der Waals surface area contributed by atoms with Crippen LogP contribution in [0.25, 0.3) is 0 Å². The number of esters is 1. The van der Waals surface area contributed by atoms with E-state index in [9.17, 15) is 21.6 Å². The molecule has 1 aliphatic rings. The summed E-state index contributed by atoms with van der Waals surface area (Å²) in [6.07, 6.45) is 0.820. The number of aryl methyl sites for hydroxylation is 2. The van der Waals surface area contributed by atoms with Gasteiger partial charge in [-0.2, -0.15) is 0 Å². The first-order chi connectivity index (χ1) is 15.5. The summed E-state index contributed by atoms with van der Waals surface area (Å²) in [5.41, 5.74) is 2.34. The number of rotatable bonds is 7. The lowest BCUT2D eigenvalue weighted by atomic mass is 9.98. The lowest BCUT2D eigenvalue weighted by molar-refractivity contribution is -0.140. The van der Waals surface area contributed by atoms with Crippen LogP contribution in [0.2, 0.25) is 0 Å². The van der Waals surface area contributed by atoms with Gasteiger partial charge in [-0.1, -0.05) is 6.07 Å². The zero-order valence-electron chi connectivity index (χ0n) is 19.3. The van der Waals surface area contributed by atoms with Gasteiger partial charge in [0.2, 0.25) is 10.0 Å². The van der Waals surface area contributed by atoms with Crippen LogP contribution in [0.15, 0.2) is 47.4 Å². The Bertz CT molecular complexity index is 1220. The molecule has 0 radical (unpaired) electrons. The van der Waals surface area contributed by atoms with Crippen molar-refractivity contribution in [2.75, 3.05) is 30.2 Å². The predicted octanol–water partition coefficient (Wildman–Crippen LogP) is 3.10. The minimum Gasteiger partial charge on any atom is -0.426 e. The van der Waals surface area contributed by atoms with Crippen molar-refractivity contribution in [2.24, 2.45) is 5.92 Å². The Balaban J connectivity index is 1.64. The van der Waals surface area contributed by atoms with Crippen LogP contribution in [0, 0.1) is 19.8 Å². The van der Waals surface area contributed by atoms with Gasteiger partial charge in [0.05, 0.1) is 22.3 Å². The number of hydrogen-bond acceptors (Lipinski definition) is 6. The number of piperidine rings is 1. The van der Waals surface area contributed by atoms with E-state index in [0.29, 0.717) is 37.4 Å². The van der Waals surface area contributed by atoms with Gasteiger partial charge in [0.1, 0.15) is 5.75 Å². The molecule has 0 aliphatic carbocycles. The summed E-state index contributed by atoms with van der Waals surface area (Å²) in [7, 11) is -5.51. The highest BCUT2D eigenvalue weighted by Gasteiger charge is 2.31. The van der Waals surface area contributed by atoms with Crippen molar-refractivity contribution in [3.05, 3.63) is 53.6 Å². The maximum Gasteiger partial charge on any atom is 0.314 e. The van der Waals surface area contributed by atoms with Crippen molar-refractivity contribution in [1.29, 1.82) is 0 Å². The average Bonchev–Trinajstić information content (AvgIpc) is 2.80. The minimum atomic E-state index is -3.73. The standard InChI is InChI=1S/C23H30N2O6S2/c1-5-32(27,28)25-14-12-19(13-15-25)23(26)31-21-9-7-20(8-10-21)24(4)33(29,30)22-11-6-17(2)18(3)16-22/h6-11,16,19H,5,12-15H2,1-4H3. The molecule has 0 N–H and O–H groups in total. The molecule has 0 unspecified atom stereocenters. The zero-order valence-corrected chi connectivity index (χ0v) is 20.9. The van der Waals surface area contributed by atoms with Crippen molar-refractivity contribution < 1.29 is 26.4 Å². The zero-order chi connectivity index (χ0) is 24.4. The highest BCUT2D eigenvalue weighted by Crippen LogP contribution is 2.27. The number of carbonyl (C=O) groups is 1. The second-order valence-electron chi connectivity index (χ2n) is 8.21. The molecule has 0 spiro atoms. The van der Waals surface area contributed by atoms with E-state index in [0.717, 1.165) is 11.1 Å². The number of sulfonamides is 2. The van der Waals surface area contributed by atoms with E-state index in [1.165, 1.54) is 15.7 Å². The van der Waals surface area contributed by atoms with Crippen molar-refractivity contribution >= 4 is 31.7 Å². The monoisotopic (exact) mass is 494 g/mol. The van der Waals surface area contributed by atoms with E-state index >= 15 is 0 Å². The molecule has 0 aromatic heterocycles. The third-order valence-electron chi connectivity index (χ3n) is 6.10. The van der Waals surface area contributed by atoms with Crippen molar-refractivity contribution in [3.8, 4) is 5.75 Å². The molecule has 1 heterocycles. The molecular weight excluding hydrogens is 464 g/mol. The lowest BCUT2D eigenvalue weighted by Crippen LogP contribution is -2.41. The van der Waals surface area contributed by atoms with Gasteiger partial charge in [-0.3, -0.25) is 9.10 Å². The second-order valence-corrected chi connectivity index (χ2v) is 12.4. The van der Waals surface area contributed by atoms with Crippen LogP contribution >= 0.6 is 0 Å². The Morgan fingerprint density at radius 3 is 2.15 bits per heavy atom. The molecule has 8 nitrogen and oxygen atoms in total. The first-order valence-corrected chi connectivity index (χ1v) is 13.9. The molecule has 0 atom stereocenters. The van der Waals surface area contributed by atoms with Crippen LogP contribution < -0.4 is 9.04 Å². The summed E-state index contributed by atoms with van der Waals surface area (Å²) in [4.78, 5) is 12.7. The maximum absolute atomic E-state index is 13.0. The smallest absolute Gasteiger partial charge is 0.314 e. The first-order valence-electron chi connectivity index (χ1n) is 10.8. The van der Waals surface area contributed by atoms with Crippen LogP contribution in [-0.4, -0.2) is 53.0 Å². The molecule has 0 saturated carbocycles. The first kappa shape index (κ1) is 25.2. The summed E-state index contributed by atoms with van der Waals surface area (Å²) < 4.78 is 57.9. The van der Waals surface area contributed by atoms with Gasteiger partial charge in [-0.25, -0.2) is 21.1 Å². The van der Waals surface area contributed by atoms with Gasteiger partial charge in [0.25, 0.3) is 10.0 Å². The fourth-order valence-electron chi connectivity index (χ4n) is 3.65. The number of benzene rings is 2. The Morgan fingerprint density at radius 1 is 1.00 bits per heavy atom. The Hall–Kier alpha value is -2.43. The third kappa shape index (κ3) is 5.56. The van der Waals surface area contributed by atoms with Crippen LogP contribution in [-0.2, 0) is 24.8 Å². The molecule has 3 rings (SSSR count). The number of nitrogens with zero attached hydrogens (tertiary/aromatic N) is 2. The van der Waals surface area contributed by atoms with Gasteiger partial charge in [0, 0.05) is 20.1 Å². The number of anilines is 1. The van der Waals surface area contributed by atoms with E-state index in [1.807, 2.05) is 13.8 Å². The topological polar surface area (TPSA) is 101 Å². The van der Waals surface area contributed by atoms with Gasteiger partial charge in [-0.05, 0) is 81.1 Å². The molecule has 180 valence electrons. The summed E-state index contributed by atoms with van der Waals surface area (Å²) in [5.74, 6) is -0.431. The normalized spacial score (nSPS) is 15.9. The highest BCUT2D eigenvalue weighted by molar-refractivity contribution is 7.92. The lowest BCUT2D eigenvalue weighted by Gasteiger charge is -2.29. The molecule has 2 aromatic rings. The van der Waals surface area contributed by atoms with Crippen molar-refractivity contribution in [2.45, 2.75) is 38.5 Å². The van der Waals surface area contributed by atoms with Gasteiger partial charge < -0.3 is 4.74 Å². The fraction of sp³-hybridized carbons (Fsp3) is 0.435. The highest BCUT2D eigenvalue weighted by atomic mass is 32.2. The predicted molar refractivity (Wildman–Crippen MR) is 127 cm³/mol. The van der Waals surface area contributed by atoms with E-state index in [2.05, 4.69) is 0 Å². The number of hydrogen-bond donors (Lipinski definition) is 0. The number of carbonyl (C=O) groups excluding carboxylic acids is 1. The summed E-state index contributed by atoms with van der Waals surface area (Å²) in [6, 6.07) is 11.3. The molecule has 33 heavy (non-hydrogen) atoms. The largest absolute Gasteiger partial charge is 0.426 e. The minimum absolute atomic E-state index is 0.0438. The Kier molecular flexibility index (Phi) is 7.50. The van der Waals surface area contributed by atoms with E-state index < -0.39 is 26.0 Å². The van der Waals surface area contributed by atoms with Gasteiger partial charge in [-0.15, -0.1) is 0 Å². The number of ether oxygens (including phenoxy) is 1. The molecular formula is C23H30N2O6S2. The maximum atomic E-state index is 13.0. The molecule has 10 heteroatoms. The van der Waals surface area contributed by atoms with E-state index in [-0.39, 0.29) is 16.6 Å². The average molecular weight is 495 g/mol. The van der Waals surface area contributed by atoms with Crippen LogP contribution in [0.5, 0.6) is 5.75 Å². The fourth-order valence-corrected chi connectivity index (χ4v) is 6.06. The van der Waals surface area contributed by atoms with E-state index in [1.54, 1.807) is 49.4 Å². The van der Waals surface area contributed by atoms with Crippen LogP contribution in [0.4, 0.5) is 5.69 Å². The summed E-state index contributed by atoms with van der Waals surface area (Å²) in [5, 5.41) is 0. The van der Waals surface area contributed by atoms with E-state index in [4.69, 9.17) is 4.74 Å². The molecule has 0 amide bonds.